The maximum absolute atomic E-state index is 12.9. The Morgan fingerprint density at radius 3 is 2.67 bits per heavy atom. The minimum Gasteiger partial charge on any atom is -0.417 e. The molecule has 1 aromatic carbocycles. The molecule has 2 aromatic rings. The summed E-state index contributed by atoms with van der Waals surface area (Å²) >= 11 is 0. The summed E-state index contributed by atoms with van der Waals surface area (Å²) in [6.07, 6.45) is 1.38. The molecule has 18 heavy (non-hydrogen) atoms. The van der Waals surface area contributed by atoms with Crippen LogP contribution in [0.3, 0.4) is 0 Å². The molecular weight excluding hydrogens is 242 g/mol. The lowest BCUT2D eigenvalue weighted by Gasteiger charge is -2.00. The van der Waals surface area contributed by atoms with Crippen LogP contribution in [0.25, 0.3) is 0 Å². The SMILES string of the molecule is CCNCc1coc(Oc2cc(F)cc(F)c2)n1. The zero-order valence-electron chi connectivity index (χ0n) is 9.74. The average Bonchev–Trinajstić information content (AvgIpc) is 2.72. The normalized spacial score (nSPS) is 10.6. The van der Waals surface area contributed by atoms with Gasteiger partial charge in [0.15, 0.2) is 0 Å². The summed E-state index contributed by atoms with van der Waals surface area (Å²) in [5, 5.41) is 3.06. The average molecular weight is 254 g/mol. The van der Waals surface area contributed by atoms with Crippen LogP contribution < -0.4 is 10.1 Å². The fraction of sp³-hybridized carbons (Fsp3) is 0.250. The van der Waals surface area contributed by atoms with Gasteiger partial charge in [-0.05, 0) is 6.54 Å². The number of hydrogen-bond donors (Lipinski definition) is 1. The molecule has 0 aliphatic heterocycles. The highest BCUT2D eigenvalue weighted by Crippen LogP contribution is 2.22. The van der Waals surface area contributed by atoms with E-state index in [1.54, 1.807) is 0 Å². The van der Waals surface area contributed by atoms with Crippen molar-refractivity contribution >= 4 is 0 Å². The quantitative estimate of drug-likeness (QED) is 0.891. The highest BCUT2D eigenvalue weighted by Gasteiger charge is 2.08. The standard InChI is InChI=1S/C12H12F2N2O2/c1-2-15-6-10-7-17-12(16-10)18-11-4-8(13)3-9(14)5-11/h3-5,7,15H,2,6H2,1H3. The molecule has 0 saturated carbocycles. The summed E-state index contributed by atoms with van der Waals surface area (Å²) in [5.41, 5.74) is 0.656. The number of benzene rings is 1. The highest BCUT2D eigenvalue weighted by atomic mass is 19.1. The Hall–Kier alpha value is -1.95. The molecule has 0 unspecified atom stereocenters. The van der Waals surface area contributed by atoms with E-state index >= 15 is 0 Å². The molecule has 0 fully saturated rings. The van der Waals surface area contributed by atoms with Gasteiger partial charge in [-0.3, -0.25) is 0 Å². The minimum atomic E-state index is -0.718. The maximum atomic E-state index is 12.9. The second kappa shape index (κ2) is 5.59. The van der Waals surface area contributed by atoms with Gasteiger partial charge in [0.1, 0.15) is 23.6 Å². The Labute approximate surface area is 103 Å². The van der Waals surface area contributed by atoms with Crippen molar-refractivity contribution in [1.82, 2.24) is 10.3 Å². The highest BCUT2D eigenvalue weighted by molar-refractivity contribution is 5.26. The topological polar surface area (TPSA) is 47.3 Å². The van der Waals surface area contributed by atoms with Crippen LogP contribution in [-0.2, 0) is 6.54 Å². The van der Waals surface area contributed by atoms with Gasteiger partial charge in [0.25, 0.3) is 0 Å². The van der Waals surface area contributed by atoms with Gasteiger partial charge in [0.2, 0.25) is 0 Å². The van der Waals surface area contributed by atoms with Crippen LogP contribution in [-0.4, -0.2) is 11.5 Å². The smallest absolute Gasteiger partial charge is 0.399 e. The van der Waals surface area contributed by atoms with E-state index in [1.165, 1.54) is 6.26 Å². The molecule has 0 atom stereocenters. The monoisotopic (exact) mass is 254 g/mol. The van der Waals surface area contributed by atoms with Crippen molar-refractivity contribution in [3.8, 4) is 11.8 Å². The second-order valence-electron chi connectivity index (χ2n) is 3.59. The molecule has 0 amide bonds. The third-order valence-electron chi connectivity index (χ3n) is 2.13. The van der Waals surface area contributed by atoms with Crippen LogP contribution in [0.4, 0.5) is 8.78 Å². The zero-order chi connectivity index (χ0) is 13.0. The fourth-order valence-electron chi connectivity index (χ4n) is 1.36. The van der Waals surface area contributed by atoms with Crippen molar-refractivity contribution in [3.63, 3.8) is 0 Å². The van der Waals surface area contributed by atoms with Crippen molar-refractivity contribution in [2.24, 2.45) is 0 Å². The summed E-state index contributed by atoms with van der Waals surface area (Å²) in [7, 11) is 0. The third-order valence-corrected chi connectivity index (χ3v) is 2.13. The van der Waals surface area contributed by atoms with E-state index in [1.807, 2.05) is 6.92 Å². The predicted octanol–water partition coefficient (Wildman–Crippen LogP) is 2.85. The Bertz CT molecular complexity index is 508. The molecule has 0 radical (unpaired) electrons. The largest absolute Gasteiger partial charge is 0.417 e. The lowest BCUT2D eigenvalue weighted by molar-refractivity contribution is 0.328. The Kier molecular flexibility index (Phi) is 3.88. The van der Waals surface area contributed by atoms with E-state index in [4.69, 9.17) is 9.15 Å². The Balaban J connectivity index is 2.06. The maximum Gasteiger partial charge on any atom is 0.399 e. The summed E-state index contributed by atoms with van der Waals surface area (Å²) < 4.78 is 36.0. The number of aromatic nitrogens is 1. The van der Waals surface area contributed by atoms with Crippen molar-refractivity contribution in [1.29, 1.82) is 0 Å². The lowest BCUT2D eigenvalue weighted by Crippen LogP contribution is -2.11. The van der Waals surface area contributed by atoms with Gasteiger partial charge in [-0.25, -0.2) is 8.78 Å². The van der Waals surface area contributed by atoms with Gasteiger partial charge in [-0.15, -0.1) is 0 Å². The van der Waals surface area contributed by atoms with E-state index in [9.17, 15) is 8.78 Å². The summed E-state index contributed by atoms with van der Waals surface area (Å²) in [6.45, 7) is 3.31. The summed E-state index contributed by atoms with van der Waals surface area (Å²) in [5.74, 6) is -1.43. The van der Waals surface area contributed by atoms with E-state index in [0.717, 1.165) is 24.7 Å². The van der Waals surface area contributed by atoms with Gasteiger partial charge in [-0.2, -0.15) is 4.98 Å². The van der Waals surface area contributed by atoms with Gasteiger partial charge >= 0.3 is 6.08 Å². The molecule has 96 valence electrons. The number of nitrogens with zero attached hydrogens (tertiary/aromatic N) is 1. The Morgan fingerprint density at radius 2 is 2.00 bits per heavy atom. The Morgan fingerprint density at radius 1 is 1.28 bits per heavy atom. The first-order valence-electron chi connectivity index (χ1n) is 5.46. The zero-order valence-corrected chi connectivity index (χ0v) is 9.74. The molecule has 6 heteroatoms. The third kappa shape index (κ3) is 3.27. The van der Waals surface area contributed by atoms with Crippen molar-refractivity contribution in [2.75, 3.05) is 6.54 Å². The number of halogens is 2. The lowest BCUT2D eigenvalue weighted by atomic mass is 10.3. The summed E-state index contributed by atoms with van der Waals surface area (Å²) in [4.78, 5) is 4.01. The number of oxazole rings is 1. The van der Waals surface area contributed by atoms with E-state index in [0.29, 0.717) is 12.2 Å². The molecular formula is C12H12F2N2O2. The van der Waals surface area contributed by atoms with Crippen molar-refractivity contribution in [3.05, 3.63) is 41.8 Å². The molecule has 0 spiro atoms. The van der Waals surface area contributed by atoms with Gasteiger partial charge in [-0.1, -0.05) is 6.92 Å². The van der Waals surface area contributed by atoms with Gasteiger partial charge < -0.3 is 14.5 Å². The number of ether oxygens (including phenoxy) is 1. The van der Waals surface area contributed by atoms with Gasteiger partial charge in [0, 0.05) is 24.7 Å². The van der Waals surface area contributed by atoms with Crippen LogP contribution in [0.5, 0.6) is 11.8 Å². The summed E-state index contributed by atoms with van der Waals surface area (Å²) in [6, 6.07) is 2.87. The first-order chi connectivity index (χ1) is 8.67. The number of hydrogen-bond acceptors (Lipinski definition) is 4. The second-order valence-corrected chi connectivity index (χ2v) is 3.59. The molecule has 2 rings (SSSR count). The van der Waals surface area contributed by atoms with E-state index < -0.39 is 11.6 Å². The minimum absolute atomic E-state index is 0.00403. The molecule has 0 bridgehead atoms. The van der Waals surface area contributed by atoms with Crippen molar-refractivity contribution in [2.45, 2.75) is 13.5 Å². The molecule has 1 N–H and O–H groups in total. The van der Waals surface area contributed by atoms with Crippen LogP contribution in [0, 0.1) is 11.6 Å². The molecule has 0 saturated heterocycles. The molecule has 1 aromatic heterocycles. The molecule has 0 aliphatic rings. The van der Waals surface area contributed by atoms with E-state index in [2.05, 4.69) is 10.3 Å². The van der Waals surface area contributed by atoms with E-state index in [-0.39, 0.29) is 11.8 Å². The van der Waals surface area contributed by atoms with Crippen LogP contribution in [0.2, 0.25) is 0 Å². The van der Waals surface area contributed by atoms with Crippen molar-refractivity contribution < 1.29 is 17.9 Å². The molecule has 1 heterocycles. The number of nitrogens with one attached hydrogen (secondary N) is 1. The number of rotatable bonds is 5. The first-order valence-corrected chi connectivity index (χ1v) is 5.46. The van der Waals surface area contributed by atoms with Crippen LogP contribution in [0.15, 0.2) is 28.9 Å². The van der Waals surface area contributed by atoms with Gasteiger partial charge in [0.05, 0.1) is 5.69 Å². The molecule has 4 nitrogen and oxygen atoms in total. The predicted molar refractivity (Wildman–Crippen MR) is 60.3 cm³/mol. The molecule has 0 aliphatic carbocycles. The fourth-order valence-corrected chi connectivity index (χ4v) is 1.36. The van der Waals surface area contributed by atoms with Crippen LogP contribution in [0.1, 0.15) is 12.6 Å². The first kappa shape index (κ1) is 12.5. The van der Waals surface area contributed by atoms with Crippen LogP contribution >= 0.6 is 0 Å².